The normalized spacial score (nSPS) is 12.6. The SMILES string of the molecule is Cn1nnc(CC(CN)c2ccccc2Br)n1. The lowest BCUT2D eigenvalue weighted by molar-refractivity contribution is 0.620. The van der Waals surface area contributed by atoms with Gasteiger partial charge in [0.25, 0.3) is 0 Å². The predicted octanol–water partition coefficient (Wildman–Crippen LogP) is 1.26. The van der Waals surface area contributed by atoms with Crippen molar-refractivity contribution < 1.29 is 0 Å². The Kier molecular flexibility index (Phi) is 3.86. The molecule has 0 aliphatic rings. The Morgan fingerprint density at radius 2 is 2.18 bits per heavy atom. The summed E-state index contributed by atoms with van der Waals surface area (Å²) in [6.07, 6.45) is 0.701. The van der Waals surface area contributed by atoms with Crippen LogP contribution in [0.3, 0.4) is 0 Å². The second-order valence-electron chi connectivity index (χ2n) is 3.85. The molecule has 90 valence electrons. The quantitative estimate of drug-likeness (QED) is 0.922. The molecular weight excluding hydrogens is 282 g/mol. The zero-order chi connectivity index (χ0) is 12.3. The van der Waals surface area contributed by atoms with Crippen LogP contribution in [-0.2, 0) is 13.5 Å². The lowest BCUT2D eigenvalue weighted by Gasteiger charge is -2.14. The highest BCUT2D eigenvalue weighted by atomic mass is 79.9. The number of nitrogens with two attached hydrogens (primary N) is 1. The second kappa shape index (κ2) is 5.37. The van der Waals surface area contributed by atoms with E-state index in [2.05, 4.69) is 37.4 Å². The highest BCUT2D eigenvalue weighted by Crippen LogP contribution is 2.26. The topological polar surface area (TPSA) is 69.6 Å². The summed E-state index contributed by atoms with van der Waals surface area (Å²) in [5, 5.41) is 12.0. The van der Waals surface area contributed by atoms with Crippen molar-refractivity contribution in [2.75, 3.05) is 6.54 Å². The lowest BCUT2D eigenvalue weighted by Crippen LogP contribution is -2.16. The molecule has 0 radical (unpaired) electrons. The van der Waals surface area contributed by atoms with Crippen molar-refractivity contribution in [2.24, 2.45) is 12.8 Å². The molecule has 1 aromatic heterocycles. The van der Waals surface area contributed by atoms with Gasteiger partial charge in [-0.1, -0.05) is 34.1 Å². The van der Waals surface area contributed by atoms with E-state index in [4.69, 9.17) is 5.73 Å². The number of tetrazole rings is 1. The number of rotatable bonds is 4. The Hall–Kier alpha value is -1.27. The van der Waals surface area contributed by atoms with Gasteiger partial charge >= 0.3 is 0 Å². The first-order valence-corrected chi connectivity index (χ1v) is 6.17. The zero-order valence-corrected chi connectivity index (χ0v) is 11.1. The van der Waals surface area contributed by atoms with Gasteiger partial charge in [0, 0.05) is 16.8 Å². The molecule has 0 amide bonds. The van der Waals surface area contributed by atoms with Gasteiger partial charge in [-0.15, -0.1) is 10.2 Å². The summed E-state index contributed by atoms with van der Waals surface area (Å²) in [6, 6.07) is 8.08. The molecule has 1 aromatic carbocycles. The number of nitrogens with zero attached hydrogens (tertiary/aromatic N) is 4. The van der Waals surface area contributed by atoms with E-state index in [9.17, 15) is 0 Å². The van der Waals surface area contributed by atoms with Crippen molar-refractivity contribution in [1.29, 1.82) is 0 Å². The van der Waals surface area contributed by atoms with E-state index in [0.717, 1.165) is 10.3 Å². The molecule has 0 aliphatic heterocycles. The highest BCUT2D eigenvalue weighted by molar-refractivity contribution is 9.10. The molecule has 2 N–H and O–H groups in total. The van der Waals surface area contributed by atoms with Crippen LogP contribution >= 0.6 is 15.9 Å². The third kappa shape index (κ3) is 2.89. The fourth-order valence-corrected chi connectivity index (χ4v) is 2.36. The molecule has 0 saturated carbocycles. The predicted molar refractivity (Wildman–Crippen MR) is 68.4 cm³/mol. The maximum Gasteiger partial charge on any atom is 0.175 e. The fourth-order valence-electron chi connectivity index (χ4n) is 1.75. The number of benzene rings is 1. The Morgan fingerprint density at radius 1 is 1.41 bits per heavy atom. The Labute approximate surface area is 108 Å². The molecule has 1 unspecified atom stereocenters. The van der Waals surface area contributed by atoms with Gasteiger partial charge in [-0.3, -0.25) is 0 Å². The first kappa shape index (κ1) is 12.2. The van der Waals surface area contributed by atoms with Crippen molar-refractivity contribution >= 4 is 15.9 Å². The van der Waals surface area contributed by atoms with Gasteiger partial charge in [0.15, 0.2) is 5.82 Å². The maximum atomic E-state index is 5.82. The van der Waals surface area contributed by atoms with Crippen LogP contribution in [0, 0.1) is 0 Å². The summed E-state index contributed by atoms with van der Waals surface area (Å²) < 4.78 is 1.07. The summed E-state index contributed by atoms with van der Waals surface area (Å²) in [5.74, 6) is 0.925. The summed E-state index contributed by atoms with van der Waals surface area (Å²) >= 11 is 3.54. The van der Waals surface area contributed by atoms with Crippen molar-refractivity contribution in [1.82, 2.24) is 20.2 Å². The molecule has 0 bridgehead atoms. The minimum absolute atomic E-state index is 0.203. The molecule has 1 atom stereocenters. The molecule has 0 aliphatic carbocycles. The monoisotopic (exact) mass is 295 g/mol. The standard InChI is InChI=1S/C11H14BrN5/c1-17-15-11(14-16-17)6-8(7-13)9-4-2-3-5-10(9)12/h2-5,8H,6-7,13H2,1H3. The van der Waals surface area contributed by atoms with Crippen molar-refractivity contribution in [2.45, 2.75) is 12.3 Å². The van der Waals surface area contributed by atoms with Crippen LogP contribution in [0.25, 0.3) is 0 Å². The highest BCUT2D eigenvalue weighted by Gasteiger charge is 2.15. The molecule has 1 heterocycles. The summed E-state index contributed by atoms with van der Waals surface area (Å²) in [7, 11) is 1.76. The van der Waals surface area contributed by atoms with E-state index < -0.39 is 0 Å². The number of halogens is 1. The molecule has 2 rings (SSSR count). The van der Waals surface area contributed by atoms with Gasteiger partial charge in [0.2, 0.25) is 0 Å². The Bertz CT molecular complexity index is 496. The third-order valence-electron chi connectivity index (χ3n) is 2.61. The van der Waals surface area contributed by atoms with Crippen LogP contribution in [0.2, 0.25) is 0 Å². The molecular formula is C11H14BrN5. The number of aromatic nitrogens is 4. The lowest BCUT2D eigenvalue weighted by atomic mass is 9.96. The Morgan fingerprint density at radius 3 is 2.76 bits per heavy atom. The van der Waals surface area contributed by atoms with E-state index >= 15 is 0 Å². The average molecular weight is 296 g/mol. The summed E-state index contributed by atoms with van der Waals surface area (Å²) in [6.45, 7) is 0.556. The number of hydrogen-bond acceptors (Lipinski definition) is 4. The molecule has 0 fully saturated rings. The third-order valence-corrected chi connectivity index (χ3v) is 3.33. The molecule has 0 saturated heterocycles. The number of aryl methyl sites for hydroxylation is 1. The molecule has 6 heteroatoms. The first-order valence-electron chi connectivity index (χ1n) is 5.38. The summed E-state index contributed by atoms with van der Waals surface area (Å²) in [5.41, 5.74) is 7.01. The van der Waals surface area contributed by atoms with Gasteiger partial charge in [-0.25, -0.2) is 0 Å². The van der Waals surface area contributed by atoms with Crippen LogP contribution < -0.4 is 5.73 Å². The average Bonchev–Trinajstić information content (AvgIpc) is 2.73. The Balaban J connectivity index is 2.20. The van der Waals surface area contributed by atoms with Crippen LogP contribution in [0.5, 0.6) is 0 Å². The van der Waals surface area contributed by atoms with Gasteiger partial charge in [0.05, 0.1) is 7.05 Å². The molecule has 17 heavy (non-hydrogen) atoms. The zero-order valence-electron chi connectivity index (χ0n) is 9.55. The minimum Gasteiger partial charge on any atom is -0.330 e. The van der Waals surface area contributed by atoms with Crippen molar-refractivity contribution in [3.05, 3.63) is 40.1 Å². The smallest absolute Gasteiger partial charge is 0.175 e. The van der Waals surface area contributed by atoms with Crippen LogP contribution in [0.4, 0.5) is 0 Å². The molecule has 2 aromatic rings. The van der Waals surface area contributed by atoms with E-state index in [0.29, 0.717) is 13.0 Å². The van der Waals surface area contributed by atoms with E-state index in [1.807, 2.05) is 18.2 Å². The molecule has 0 spiro atoms. The van der Waals surface area contributed by atoms with Crippen molar-refractivity contribution in [3.8, 4) is 0 Å². The minimum atomic E-state index is 0.203. The van der Waals surface area contributed by atoms with Crippen LogP contribution in [0.15, 0.2) is 28.7 Å². The van der Waals surface area contributed by atoms with Gasteiger partial charge in [0.1, 0.15) is 0 Å². The fraction of sp³-hybridized carbons (Fsp3) is 0.364. The van der Waals surface area contributed by atoms with Crippen LogP contribution in [-0.4, -0.2) is 26.8 Å². The van der Waals surface area contributed by atoms with Gasteiger partial charge in [-0.2, -0.15) is 4.80 Å². The first-order chi connectivity index (χ1) is 8.20. The van der Waals surface area contributed by atoms with Crippen molar-refractivity contribution in [3.63, 3.8) is 0 Å². The second-order valence-corrected chi connectivity index (χ2v) is 4.71. The van der Waals surface area contributed by atoms with E-state index in [1.54, 1.807) is 7.05 Å². The van der Waals surface area contributed by atoms with Gasteiger partial charge in [-0.05, 0) is 23.4 Å². The van der Waals surface area contributed by atoms with E-state index in [1.165, 1.54) is 10.4 Å². The maximum absolute atomic E-state index is 5.82. The largest absolute Gasteiger partial charge is 0.330 e. The van der Waals surface area contributed by atoms with Gasteiger partial charge < -0.3 is 5.73 Å². The summed E-state index contributed by atoms with van der Waals surface area (Å²) in [4.78, 5) is 1.46. The number of hydrogen-bond donors (Lipinski definition) is 1. The van der Waals surface area contributed by atoms with Crippen LogP contribution in [0.1, 0.15) is 17.3 Å². The van der Waals surface area contributed by atoms with E-state index in [-0.39, 0.29) is 5.92 Å². The molecule has 5 nitrogen and oxygen atoms in total.